The van der Waals surface area contributed by atoms with Gasteiger partial charge in [0.05, 0.1) is 5.56 Å². The lowest BCUT2D eigenvalue weighted by molar-refractivity contribution is -0.139. The number of rotatable bonds is 5. The number of aliphatic carboxylic acids is 1. The summed E-state index contributed by atoms with van der Waals surface area (Å²) in [5.41, 5.74) is 3.08. The van der Waals surface area contributed by atoms with Crippen LogP contribution in [0.4, 0.5) is 13.2 Å². The molecule has 1 spiro atoms. The Bertz CT molecular complexity index is 664. The Morgan fingerprint density at radius 2 is 1.93 bits per heavy atom. The van der Waals surface area contributed by atoms with Crippen molar-refractivity contribution in [1.29, 1.82) is 0 Å². The summed E-state index contributed by atoms with van der Waals surface area (Å²) >= 11 is 0. The molecule has 0 unspecified atom stereocenters. The van der Waals surface area contributed by atoms with Crippen LogP contribution in [0, 0.1) is 0 Å². The van der Waals surface area contributed by atoms with E-state index in [9.17, 15) is 18.0 Å². The molecule has 152 valence electrons. The van der Waals surface area contributed by atoms with E-state index in [-0.39, 0.29) is 23.7 Å². The number of alkyl halides is 3. The van der Waals surface area contributed by atoms with E-state index in [1.807, 2.05) is 0 Å². The third-order valence-corrected chi connectivity index (χ3v) is 5.32. The molecule has 1 saturated carbocycles. The Morgan fingerprint density at radius 1 is 1.22 bits per heavy atom. The number of benzene rings is 1. The fourth-order valence-corrected chi connectivity index (χ4v) is 3.99. The minimum atomic E-state index is -4.50. The van der Waals surface area contributed by atoms with Crippen LogP contribution in [-0.2, 0) is 17.5 Å². The largest absolute Gasteiger partial charge is 0.482 e. The second kappa shape index (κ2) is 8.67. The van der Waals surface area contributed by atoms with Crippen LogP contribution >= 0.6 is 12.4 Å². The Morgan fingerprint density at radius 3 is 2.56 bits per heavy atom. The van der Waals surface area contributed by atoms with Crippen LogP contribution in [-0.4, -0.2) is 34.8 Å². The van der Waals surface area contributed by atoms with Crippen LogP contribution in [0.5, 0.6) is 5.75 Å². The lowest BCUT2D eigenvalue weighted by Gasteiger charge is -2.41. The van der Waals surface area contributed by atoms with E-state index < -0.39 is 24.3 Å². The molecule has 0 atom stereocenters. The van der Waals surface area contributed by atoms with Crippen molar-refractivity contribution in [1.82, 2.24) is 10.4 Å². The standard InChI is InChI=1S/C18H23F3N2O3.ClH/c19-18(20,21)14-5-4-13(15(10-14)26-12-16(24)25)11-23-17(8-9-22-23)6-2-1-3-7-17;/h4-5,10,22H,1-3,6-9,11-12H2,(H,24,25);1H. The molecule has 2 aliphatic rings. The fraction of sp³-hybridized carbons (Fsp3) is 0.611. The molecule has 1 aliphatic carbocycles. The molecule has 1 aliphatic heterocycles. The SMILES string of the molecule is Cl.O=C(O)COc1cc(C(F)(F)F)ccc1CN1NCCC12CCCCC2. The second-order valence-electron chi connectivity index (χ2n) is 7.03. The summed E-state index contributed by atoms with van der Waals surface area (Å²) < 4.78 is 44.1. The highest BCUT2D eigenvalue weighted by Crippen LogP contribution is 2.40. The molecular formula is C18H24ClF3N2O3. The number of hydrazine groups is 1. The molecule has 1 saturated heterocycles. The summed E-state index contributed by atoms with van der Waals surface area (Å²) in [6.07, 6.45) is 2.14. The number of nitrogens with one attached hydrogen (secondary N) is 1. The topological polar surface area (TPSA) is 61.8 Å². The van der Waals surface area contributed by atoms with Crippen LogP contribution < -0.4 is 10.2 Å². The van der Waals surface area contributed by atoms with Gasteiger partial charge in [0.1, 0.15) is 5.75 Å². The number of halogens is 4. The van der Waals surface area contributed by atoms with Crippen LogP contribution in [0.15, 0.2) is 18.2 Å². The van der Waals surface area contributed by atoms with Gasteiger partial charge in [0.2, 0.25) is 0 Å². The molecule has 0 radical (unpaired) electrons. The van der Waals surface area contributed by atoms with Crippen molar-refractivity contribution in [3.8, 4) is 5.75 Å². The van der Waals surface area contributed by atoms with Gasteiger partial charge in [-0.2, -0.15) is 13.2 Å². The smallest absolute Gasteiger partial charge is 0.416 e. The summed E-state index contributed by atoms with van der Waals surface area (Å²) in [7, 11) is 0. The van der Waals surface area contributed by atoms with Crippen LogP contribution in [0.1, 0.15) is 49.7 Å². The van der Waals surface area contributed by atoms with Crippen molar-refractivity contribution < 1.29 is 27.8 Å². The van der Waals surface area contributed by atoms with Crippen molar-refractivity contribution in [3.05, 3.63) is 29.3 Å². The van der Waals surface area contributed by atoms with Crippen molar-refractivity contribution >= 4 is 18.4 Å². The van der Waals surface area contributed by atoms with E-state index in [0.717, 1.165) is 50.8 Å². The Labute approximate surface area is 162 Å². The Kier molecular flexibility index (Phi) is 6.99. The lowest BCUT2D eigenvalue weighted by Crippen LogP contribution is -2.48. The van der Waals surface area contributed by atoms with E-state index >= 15 is 0 Å². The first-order valence-electron chi connectivity index (χ1n) is 8.86. The molecule has 3 rings (SSSR count). The maximum absolute atomic E-state index is 13.0. The number of nitrogens with zero attached hydrogens (tertiary/aromatic N) is 1. The first kappa shape index (κ1) is 21.8. The summed E-state index contributed by atoms with van der Waals surface area (Å²) in [6, 6.07) is 3.30. The maximum atomic E-state index is 13.0. The number of hydrogen-bond acceptors (Lipinski definition) is 4. The molecule has 2 N–H and O–H groups in total. The molecule has 0 bridgehead atoms. The van der Waals surface area contributed by atoms with Crippen molar-refractivity contribution in [3.63, 3.8) is 0 Å². The van der Waals surface area contributed by atoms with E-state index in [0.29, 0.717) is 12.1 Å². The Hall–Kier alpha value is -1.51. The monoisotopic (exact) mass is 408 g/mol. The van der Waals surface area contributed by atoms with Crippen molar-refractivity contribution in [2.24, 2.45) is 0 Å². The van der Waals surface area contributed by atoms with Gasteiger partial charge in [0.15, 0.2) is 6.61 Å². The van der Waals surface area contributed by atoms with Gasteiger partial charge in [0.25, 0.3) is 0 Å². The van der Waals surface area contributed by atoms with Gasteiger partial charge >= 0.3 is 12.1 Å². The first-order chi connectivity index (χ1) is 12.3. The molecule has 0 aromatic heterocycles. The predicted molar refractivity (Wildman–Crippen MR) is 95.8 cm³/mol. The highest BCUT2D eigenvalue weighted by Gasteiger charge is 2.42. The average Bonchev–Trinajstić information content (AvgIpc) is 2.95. The lowest BCUT2D eigenvalue weighted by atomic mass is 9.79. The van der Waals surface area contributed by atoms with Gasteiger partial charge in [-0.1, -0.05) is 25.3 Å². The van der Waals surface area contributed by atoms with Gasteiger partial charge in [-0.15, -0.1) is 12.4 Å². The fourth-order valence-electron chi connectivity index (χ4n) is 3.99. The van der Waals surface area contributed by atoms with Gasteiger partial charge < -0.3 is 9.84 Å². The molecule has 27 heavy (non-hydrogen) atoms. The predicted octanol–water partition coefficient (Wildman–Crippen LogP) is 4.00. The van der Waals surface area contributed by atoms with Gasteiger partial charge in [0, 0.05) is 24.2 Å². The summed E-state index contributed by atoms with van der Waals surface area (Å²) in [5.74, 6) is -1.25. The molecule has 1 heterocycles. The highest BCUT2D eigenvalue weighted by molar-refractivity contribution is 5.85. The van der Waals surface area contributed by atoms with Crippen LogP contribution in [0.25, 0.3) is 0 Å². The number of ether oxygens (including phenoxy) is 1. The number of carboxylic acid groups (broad SMARTS) is 1. The third-order valence-electron chi connectivity index (χ3n) is 5.32. The van der Waals surface area contributed by atoms with Crippen LogP contribution in [0.2, 0.25) is 0 Å². The molecule has 0 amide bonds. The molecule has 2 fully saturated rings. The first-order valence-corrected chi connectivity index (χ1v) is 8.86. The zero-order valence-electron chi connectivity index (χ0n) is 14.8. The Balaban J connectivity index is 0.00000261. The van der Waals surface area contributed by atoms with Crippen molar-refractivity contribution in [2.45, 2.75) is 56.8 Å². The average molecular weight is 409 g/mol. The van der Waals surface area contributed by atoms with Gasteiger partial charge in [-0.3, -0.25) is 5.43 Å². The highest BCUT2D eigenvalue weighted by atomic mass is 35.5. The third kappa shape index (κ3) is 5.06. The molecule has 1 aromatic carbocycles. The number of carbonyl (C=O) groups is 1. The van der Waals surface area contributed by atoms with E-state index in [1.165, 1.54) is 12.5 Å². The summed E-state index contributed by atoms with van der Waals surface area (Å²) in [5, 5.41) is 10.9. The molecule has 5 nitrogen and oxygen atoms in total. The maximum Gasteiger partial charge on any atom is 0.416 e. The quantitative estimate of drug-likeness (QED) is 0.771. The molecular weight excluding hydrogens is 385 g/mol. The zero-order valence-corrected chi connectivity index (χ0v) is 15.7. The zero-order chi connectivity index (χ0) is 18.8. The van der Waals surface area contributed by atoms with Gasteiger partial charge in [-0.25, -0.2) is 9.80 Å². The molecule has 9 heteroatoms. The van der Waals surface area contributed by atoms with Crippen molar-refractivity contribution in [2.75, 3.05) is 13.2 Å². The molecule has 1 aromatic rings. The minimum absolute atomic E-state index is 0. The second-order valence-corrected chi connectivity index (χ2v) is 7.03. The summed E-state index contributed by atoms with van der Waals surface area (Å²) in [4.78, 5) is 10.8. The van der Waals surface area contributed by atoms with Crippen LogP contribution in [0.3, 0.4) is 0 Å². The number of carboxylic acids is 1. The van der Waals surface area contributed by atoms with Gasteiger partial charge in [-0.05, 0) is 31.4 Å². The summed E-state index contributed by atoms with van der Waals surface area (Å²) in [6.45, 7) is 0.548. The van der Waals surface area contributed by atoms with E-state index in [2.05, 4.69) is 10.4 Å². The van der Waals surface area contributed by atoms with E-state index in [4.69, 9.17) is 9.84 Å². The minimum Gasteiger partial charge on any atom is -0.482 e. The number of hydrogen-bond donors (Lipinski definition) is 2. The normalized spacial score (nSPS) is 19.7. The van der Waals surface area contributed by atoms with E-state index in [1.54, 1.807) is 0 Å².